The molecule has 0 N–H and O–H groups in total. The lowest BCUT2D eigenvalue weighted by Crippen LogP contribution is -2.03. The van der Waals surface area contributed by atoms with Gasteiger partial charge in [0.2, 0.25) is 0 Å². The highest BCUT2D eigenvalue weighted by atomic mass is 16.5. The maximum absolute atomic E-state index is 5.78. The Hall–Kier alpha value is -1.24. The highest BCUT2D eigenvalue weighted by molar-refractivity contribution is 5.44. The molecule has 0 saturated heterocycles. The first-order chi connectivity index (χ1) is 8.08. The molecule has 1 aromatic carbocycles. The van der Waals surface area contributed by atoms with E-state index in [0.717, 1.165) is 18.8 Å². The molecule has 0 aliphatic heterocycles. The molecule has 0 aromatic heterocycles. The highest BCUT2D eigenvalue weighted by Gasteiger charge is 2.10. The molecule has 0 spiro atoms. The first-order valence-electron chi connectivity index (χ1n) is 6.44. The maximum Gasteiger partial charge on any atom is 0.125 e. The number of ether oxygens (including phenoxy) is 1. The lowest BCUT2D eigenvalue weighted by molar-refractivity contribution is 0.333. The van der Waals surface area contributed by atoms with Crippen LogP contribution in [0.1, 0.15) is 37.5 Å². The molecule has 0 heterocycles. The normalized spacial score (nSPS) is 13.0. The summed E-state index contributed by atoms with van der Waals surface area (Å²) in [5.74, 6) is 1.63. The van der Waals surface area contributed by atoms with Crippen molar-refractivity contribution in [1.82, 2.24) is 0 Å². The summed E-state index contributed by atoms with van der Waals surface area (Å²) in [5, 5.41) is 0. The van der Waals surface area contributed by atoms with Crippen molar-refractivity contribution < 1.29 is 4.74 Å². The molecule has 0 saturated carbocycles. The number of aryl methyl sites for hydroxylation is 2. The average Bonchev–Trinajstić information content (AvgIpc) is 2.23. The summed E-state index contributed by atoms with van der Waals surface area (Å²) in [6.07, 6.45) is 5.41. The van der Waals surface area contributed by atoms with E-state index in [1.54, 1.807) is 0 Å². The second kappa shape index (κ2) is 6.48. The van der Waals surface area contributed by atoms with Crippen LogP contribution in [0, 0.1) is 19.8 Å². The van der Waals surface area contributed by atoms with Crippen LogP contribution < -0.4 is 4.74 Å². The molecule has 1 aromatic rings. The van der Waals surface area contributed by atoms with Gasteiger partial charge in [-0.2, -0.15) is 0 Å². The molecule has 1 unspecified atom stereocenters. The molecule has 0 aliphatic carbocycles. The van der Waals surface area contributed by atoms with Crippen LogP contribution in [0.15, 0.2) is 24.3 Å². The van der Waals surface area contributed by atoms with Crippen LogP contribution in [0.4, 0.5) is 0 Å². The Labute approximate surface area is 106 Å². The minimum atomic E-state index is 0.556. The summed E-state index contributed by atoms with van der Waals surface area (Å²) in [6, 6.07) is 4.44. The van der Waals surface area contributed by atoms with E-state index in [9.17, 15) is 0 Å². The molecule has 0 bridgehead atoms. The van der Waals surface area contributed by atoms with Crippen molar-refractivity contribution in [2.75, 3.05) is 6.61 Å². The Balaban J connectivity index is 3.02. The Morgan fingerprint density at radius 3 is 2.59 bits per heavy atom. The largest absolute Gasteiger partial charge is 0.493 e. The van der Waals surface area contributed by atoms with Crippen LogP contribution in [0.2, 0.25) is 0 Å². The van der Waals surface area contributed by atoms with E-state index in [2.05, 4.69) is 52.0 Å². The van der Waals surface area contributed by atoms with Gasteiger partial charge in [-0.3, -0.25) is 0 Å². The molecule has 1 heteroatoms. The minimum absolute atomic E-state index is 0.556. The zero-order valence-corrected chi connectivity index (χ0v) is 11.7. The van der Waals surface area contributed by atoms with Crippen molar-refractivity contribution in [2.24, 2.45) is 5.92 Å². The lowest BCUT2D eigenvalue weighted by atomic mass is 9.96. The molecule has 0 aliphatic rings. The Morgan fingerprint density at radius 2 is 2.00 bits per heavy atom. The van der Waals surface area contributed by atoms with Crippen LogP contribution in [-0.2, 0) is 6.42 Å². The standard InChI is InChI=1S/C16H24O/c1-6-8-12(3)10-15-11-13(4)9-14(5)16(15)17-7-2/h6,8-9,11-12H,7,10H2,1-5H3/b8-6-. The molecule has 0 amide bonds. The fraction of sp³-hybridized carbons (Fsp3) is 0.500. The summed E-state index contributed by atoms with van der Waals surface area (Å²) < 4.78 is 5.78. The van der Waals surface area contributed by atoms with Gasteiger partial charge in [-0.05, 0) is 51.2 Å². The summed E-state index contributed by atoms with van der Waals surface area (Å²) in [4.78, 5) is 0. The number of hydrogen-bond acceptors (Lipinski definition) is 1. The summed E-state index contributed by atoms with van der Waals surface area (Å²) in [5.41, 5.74) is 3.89. The van der Waals surface area contributed by atoms with Crippen molar-refractivity contribution >= 4 is 0 Å². The van der Waals surface area contributed by atoms with Gasteiger partial charge < -0.3 is 4.74 Å². The molecule has 1 rings (SSSR count). The van der Waals surface area contributed by atoms with Gasteiger partial charge in [-0.15, -0.1) is 0 Å². The van der Waals surface area contributed by atoms with Gasteiger partial charge in [-0.1, -0.05) is 36.8 Å². The second-order valence-electron chi connectivity index (χ2n) is 4.71. The summed E-state index contributed by atoms with van der Waals surface area (Å²) >= 11 is 0. The zero-order chi connectivity index (χ0) is 12.8. The highest BCUT2D eigenvalue weighted by Crippen LogP contribution is 2.28. The molecule has 94 valence electrons. The van der Waals surface area contributed by atoms with Crippen molar-refractivity contribution in [3.63, 3.8) is 0 Å². The summed E-state index contributed by atoms with van der Waals surface area (Å²) in [7, 11) is 0. The maximum atomic E-state index is 5.78. The molecule has 17 heavy (non-hydrogen) atoms. The van der Waals surface area contributed by atoms with E-state index in [-0.39, 0.29) is 0 Å². The molecule has 0 radical (unpaired) electrons. The molecule has 1 atom stereocenters. The van der Waals surface area contributed by atoms with Gasteiger partial charge >= 0.3 is 0 Å². The van der Waals surface area contributed by atoms with E-state index >= 15 is 0 Å². The van der Waals surface area contributed by atoms with Crippen LogP contribution in [0.5, 0.6) is 5.75 Å². The zero-order valence-electron chi connectivity index (χ0n) is 11.7. The number of allylic oxidation sites excluding steroid dienone is 2. The van der Waals surface area contributed by atoms with Gasteiger partial charge in [0.05, 0.1) is 6.61 Å². The van der Waals surface area contributed by atoms with Crippen molar-refractivity contribution in [1.29, 1.82) is 0 Å². The van der Waals surface area contributed by atoms with Crippen molar-refractivity contribution in [3.05, 3.63) is 41.0 Å². The van der Waals surface area contributed by atoms with Crippen LogP contribution in [-0.4, -0.2) is 6.61 Å². The van der Waals surface area contributed by atoms with Gasteiger partial charge in [0.1, 0.15) is 5.75 Å². The number of benzene rings is 1. The Kier molecular flexibility index (Phi) is 5.27. The third-order valence-corrected chi connectivity index (χ3v) is 2.85. The molecule has 1 nitrogen and oxygen atoms in total. The third-order valence-electron chi connectivity index (χ3n) is 2.85. The predicted octanol–water partition coefficient (Wildman–Crippen LogP) is 4.46. The number of hydrogen-bond donors (Lipinski definition) is 0. The smallest absolute Gasteiger partial charge is 0.125 e. The quantitative estimate of drug-likeness (QED) is 0.681. The van der Waals surface area contributed by atoms with Crippen LogP contribution in [0.25, 0.3) is 0 Å². The van der Waals surface area contributed by atoms with Gasteiger partial charge in [-0.25, -0.2) is 0 Å². The van der Waals surface area contributed by atoms with Crippen molar-refractivity contribution in [2.45, 2.75) is 41.0 Å². The van der Waals surface area contributed by atoms with E-state index in [4.69, 9.17) is 4.74 Å². The fourth-order valence-electron chi connectivity index (χ4n) is 2.29. The fourth-order valence-corrected chi connectivity index (χ4v) is 2.29. The molecule has 0 fully saturated rings. The third kappa shape index (κ3) is 3.92. The van der Waals surface area contributed by atoms with Crippen molar-refractivity contribution in [3.8, 4) is 5.75 Å². The van der Waals surface area contributed by atoms with E-state index < -0.39 is 0 Å². The first kappa shape index (κ1) is 13.8. The van der Waals surface area contributed by atoms with Gasteiger partial charge in [0, 0.05) is 0 Å². The Bertz CT molecular complexity index is 391. The minimum Gasteiger partial charge on any atom is -0.493 e. The monoisotopic (exact) mass is 232 g/mol. The molecular weight excluding hydrogens is 208 g/mol. The lowest BCUT2D eigenvalue weighted by Gasteiger charge is -2.16. The first-order valence-corrected chi connectivity index (χ1v) is 6.44. The average molecular weight is 232 g/mol. The van der Waals surface area contributed by atoms with Gasteiger partial charge in [0.15, 0.2) is 0 Å². The topological polar surface area (TPSA) is 9.23 Å². The van der Waals surface area contributed by atoms with Crippen LogP contribution >= 0.6 is 0 Å². The second-order valence-corrected chi connectivity index (χ2v) is 4.71. The van der Waals surface area contributed by atoms with E-state index in [1.165, 1.54) is 16.7 Å². The SMILES string of the molecule is C/C=C\C(C)Cc1cc(C)cc(C)c1OCC. The molecular formula is C16H24O. The van der Waals surface area contributed by atoms with E-state index in [0.29, 0.717) is 5.92 Å². The summed E-state index contributed by atoms with van der Waals surface area (Å²) in [6.45, 7) is 11.4. The predicted molar refractivity (Wildman–Crippen MR) is 74.8 cm³/mol. The Morgan fingerprint density at radius 1 is 1.29 bits per heavy atom. The van der Waals surface area contributed by atoms with E-state index in [1.807, 2.05) is 6.92 Å². The van der Waals surface area contributed by atoms with Gasteiger partial charge in [0.25, 0.3) is 0 Å². The van der Waals surface area contributed by atoms with Crippen LogP contribution in [0.3, 0.4) is 0 Å². The number of rotatable bonds is 5.